The number of aromatic amines is 1. The van der Waals surface area contributed by atoms with Crippen LogP contribution in [0.15, 0.2) is 34.0 Å². The third-order valence-electron chi connectivity index (χ3n) is 4.22. The number of aromatic nitrogens is 2. The molecule has 0 aliphatic carbocycles. The molecule has 0 aliphatic rings. The zero-order valence-corrected chi connectivity index (χ0v) is 17.2. The molecule has 3 rings (SSSR count). The van der Waals surface area contributed by atoms with Gasteiger partial charge in [-0.2, -0.15) is 0 Å². The second-order valence-corrected chi connectivity index (χ2v) is 8.01. The molecule has 5 nitrogen and oxygen atoms in total. The van der Waals surface area contributed by atoms with Crippen molar-refractivity contribution in [3.05, 3.63) is 56.4 Å². The Balaban J connectivity index is 2.15. The van der Waals surface area contributed by atoms with Gasteiger partial charge in [0, 0.05) is 9.77 Å². The van der Waals surface area contributed by atoms with Crippen LogP contribution in [0.4, 0.5) is 0 Å². The first-order chi connectivity index (χ1) is 12.9. The number of nitrogens with zero attached hydrogens (tertiary/aromatic N) is 1. The summed E-state index contributed by atoms with van der Waals surface area (Å²) in [7, 11) is 0. The van der Waals surface area contributed by atoms with Gasteiger partial charge in [-0.25, -0.2) is 9.78 Å². The van der Waals surface area contributed by atoms with E-state index in [0.717, 1.165) is 20.9 Å². The molecule has 7 heteroatoms. The van der Waals surface area contributed by atoms with E-state index in [0.29, 0.717) is 10.2 Å². The van der Waals surface area contributed by atoms with E-state index in [1.807, 2.05) is 44.4 Å². The number of benzene rings is 1. The van der Waals surface area contributed by atoms with Gasteiger partial charge in [-0.05, 0) is 56.4 Å². The molecular formula is C20H20N2O3S2. The molecule has 0 spiro atoms. The van der Waals surface area contributed by atoms with Gasteiger partial charge in [-0.15, -0.1) is 23.1 Å². The van der Waals surface area contributed by atoms with E-state index >= 15 is 0 Å². The van der Waals surface area contributed by atoms with E-state index in [9.17, 15) is 9.59 Å². The quantitative estimate of drug-likeness (QED) is 0.390. The summed E-state index contributed by atoms with van der Waals surface area (Å²) in [5, 5.41) is 0.578. The van der Waals surface area contributed by atoms with Crippen LogP contribution in [0.2, 0.25) is 0 Å². The highest BCUT2D eigenvalue weighted by atomic mass is 32.2. The number of hydrogen-bond acceptors (Lipinski definition) is 6. The number of thioether (sulfide) groups is 1. The second-order valence-electron chi connectivity index (χ2n) is 5.93. The predicted octanol–water partition coefficient (Wildman–Crippen LogP) is 4.43. The lowest BCUT2D eigenvalue weighted by molar-refractivity contribution is -0.136. The summed E-state index contributed by atoms with van der Waals surface area (Å²) in [6.45, 7) is 5.84. The van der Waals surface area contributed by atoms with Gasteiger partial charge in [-0.1, -0.05) is 12.1 Å². The van der Waals surface area contributed by atoms with E-state index in [1.165, 1.54) is 11.3 Å². The maximum absolute atomic E-state index is 12.6. The Morgan fingerprint density at radius 3 is 2.63 bits per heavy atom. The van der Waals surface area contributed by atoms with Crippen molar-refractivity contribution >= 4 is 50.9 Å². The first-order valence-electron chi connectivity index (χ1n) is 8.47. The van der Waals surface area contributed by atoms with Crippen molar-refractivity contribution in [1.29, 1.82) is 0 Å². The van der Waals surface area contributed by atoms with Crippen LogP contribution in [0.25, 0.3) is 21.9 Å². The molecule has 3 aromatic rings. The molecule has 0 amide bonds. The SMILES string of the molecule is CCOC(=O)C(=Cc1ccc(SC)cc1)c1nc2sc(C)c(C)c2c(=O)[nH]1. The lowest BCUT2D eigenvalue weighted by Gasteiger charge is -2.07. The van der Waals surface area contributed by atoms with Crippen LogP contribution < -0.4 is 5.56 Å². The summed E-state index contributed by atoms with van der Waals surface area (Å²) in [5.41, 5.74) is 1.74. The van der Waals surface area contributed by atoms with Gasteiger partial charge in [0.05, 0.1) is 12.0 Å². The van der Waals surface area contributed by atoms with E-state index < -0.39 is 5.97 Å². The standard InChI is InChI=1S/C20H20N2O3S2/c1-5-25-20(24)15(10-13-6-8-14(26-4)9-7-13)17-21-18(23)16-11(2)12(3)27-19(16)22-17/h6-10H,5H2,1-4H3,(H,21,22,23). The monoisotopic (exact) mass is 400 g/mol. The van der Waals surface area contributed by atoms with Crippen LogP contribution in [-0.2, 0) is 9.53 Å². The summed E-state index contributed by atoms with van der Waals surface area (Å²) in [6.07, 6.45) is 3.70. The predicted molar refractivity (Wildman–Crippen MR) is 112 cm³/mol. The average Bonchev–Trinajstić information content (AvgIpc) is 2.94. The van der Waals surface area contributed by atoms with Crippen LogP contribution in [0, 0.1) is 13.8 Å². The number of esters is 1. The zero-order valence-electron chi connectivity index (χ0n) is 15.6. The average molecular weight is 401 g/mol. The van der Waals surface area contributed by atoms with Crippen molar-refractivity contribution in [2.45, 2.75) is 25.7 Å². The fourth-order valence-corrected chi connectivity index (χ4v) is 4.12. The summed E-state index contributed by atoms with van der Waals surface area (Å²) >= 11 is 3.09. The number of rotatable bonds is 5. The van der Waals surface area contributed by atoms with Crippen LogP contribution in [0.1, 0.15) is 28.8 Å². The molecule has 0 saturated carbocycles. The first-order valence-corrected chi connectivity index (χ1v) is 10.5. The number of aryl methyl sites for hydroxylation is 2. The fourth-order valence-electron chi connectivity index (χ4n) is 2.68. The maximum atomic E-state index is 12.6. The topological polar surface area (TPSA) is 72.0 Å². The van der Waals surface area contributed by atoms with Crippen molar-refractivity contribution < 1.29 is 9.53 Å². The van der Waals surface area contributed by atoms with E-state index in [1.54, 1.807) is 24.8 Å². The Kier molecular flexibility index (Phi) is 5.82. The molecule has 0 aliphatic heterocycles. The molecule has 0 fully saturated rings. The van der Waals surface area contributed by atoms with E-state index in [4.69, 9.17) is 4.74 Å². The molecule has 0 unspecified atom stereocenters. The van der Waals surface area contributed by atoms with Crippen molar-refractivity contribution in [3.63, 3.8) is 0 Å². The minimum Gasteiger partial charge on any atom is -0.462 e. The highest BCUT2D eigenvalue weighted by Gasteiger charge is 2.19. The molecule has 0 atom stereocenters. The Bertz CT molecular complexity index is 1080. The smallest absolute Gasteiger partial charge is 0.341 e. The number of thiophene rings is 1. The van der Waals surface area contributed by atoms with Gasteiger partial charge in [0.25, 0.3) is 5.56 Å². The Hall–Kier alpha value is -2.38. The van der Waals surface area contributed by atoms with Crippen LogP contribution >= 0.6 is 23.1 Å². The van der Waals surface area contributed by atoms with Crippen molar-refractivity contribution in [2.75, 3.05) is 12.9 Å². The Labute approximate surface area is 165 Å². The summed E-state index contributed by atoms with van der Waals surface area (Å²) < 4.78 is 5.19. The zero-order chi connectivity index (χ0) is 19.6. The molecule has 140 valence electrons. The summed E-state index contributed by atoms with van der Waals surface area (Å²) in [6, 6.07) is 7.79. The Morgan fingerprint density at radius 2 is 2.00 bits per heavy atom. The van der Waals surface area contributed by atoms with Gasteiger partial charge in [0.2, 0.25) is 0 Å². The van der Waals surface area contributed by atoms with Gasteiger partial charge >= 0.3 is 5.97 Å². The minimum absolute atomic E-state index is 0.223. The van der Waals surface area contributed by atoms with Gasteiger partial charge in [-0.3, -0.25) is 4.79 Å². The molecule has 27 heavy (non-hydrogen) atoms. The highest BCUT2D eigenvalue weighted by molar-refractivity contribution is 7.98. The number of H-pyrrole nitrogens is 1. The van der Waals surface area contributed by atoms with E-state index in [2.05, 4.69) is 9.97 Å². The molecule has 1 aromatic carbocycles. The number of nitrogens with one attached hydrogen (secondary N) is 1. The van der Waals surface area contributed by atoms with Crippen molar-refractivity contribution in [2.24, 2.45) is 0 Å². The van der Waals surface area contributed by atoms with Crippen LogP contribution in [0.5, 0.6) is 0 Å². The fraction of sp³-hybridized carbons (Fsp3) is 0.250. The molecule has 1 N–H and O–H groups in total. The second kappa shape index (κ2) is 8.10. The number of carbonyl (C=O) groups is 1. The lowest BCUT2D eigenvalue weighted by Crippen LogP contribution is -2.15. The molecule has 0 saturated heterocycles. The maximum Gasteiger partial charge on any atom is 0.341 e. The van der Waals surface area contributed by atoms with Crippen molar-refractivity contribution in [3.8, 4) is 0 Å². The van der Waals surface area contributed by atoms with Crippen LogP contribution in [-0.4, -0.2) is 28.8 Å². The number of carbonyl (C=O) groups excluding carboxylic acids is 1. The molecule has 2 aromatic heterocycles. The minimum atomic E-state index is -0.515. The first kappa shape index (κ1) is 19.4. The highest BCUT2D eigenvalue weighted by Crippen LogP contribution is 2.27. The lowest BCUT2D eigenvalue weighted by atomic mass is 10.1. The summed E-state index contributed by atoms with van der Waals surface area (Å²) in [4.78, 5) is 35.2. The number of fused-ring (bicyclic) bond motifs is 1. The van der Waals surface area contributed by atoms with Gasteiger partial charge in [0.1, 0.15) is 16.2 Å². The number of hydrogen-bond donors (Lipinski definition) is 1. The van der Waals surface area contributed by atoms with Crippen LogP contribution in [0.3, 0.4) is 0 Å². The van der Waals surface area contributed by atoms with E-state index in [-0.39, 0.29) is 23.6 Å². The molecular weight excluding hydrogens is 380 g/mol. The number of ether oxygens (including phenoxy) is 1. The summed E-state index contributed by atoms with van der Waals surface area (Å²) in [5.74, 6) is -0.292. The normalized spacial score (nSPS) is 11.8. The largest absolute Gasteiger partial charge is 0.462 e. The van der Waals surface area contributed by atoms with Gasteiger partial charge < -0.3 is 9.72 Å². The third kappa shape index (κ3) is 3.99. The van der Waals surface area contributed by atoms with Crippen molar-refractivity contribution in [1.82, 2.24) is 9.97 Å². The Morgan fingerprint density at radius 1 is 1.30 bits per heavy atom. The molecule has 2 heterocycles. The molecule has 0 bridgehead atoms. The third-order valence-corrected chi connectivity index (χ3v) is 6.06. The van der Waals surface area contributed by atoms with Gasteiger partial charge in [0.15, 0.2) is 0 Å². The molecule has 0 radical (unpaired) electrons.